The summed E-state index contributed by atoms with van der Waals surface area (Å²) >= 11 is 0. The van der Waals surface area contributed by atoms with Gasteiger partial charge in [0, 0.05) is 19.3 Å². The van der Waals surface area contributed by atoms with E-state index in [9.17, 15) is 0 Å². The van der Waals surface area contributed by atoms with Crippen molar-refractivity contribution in [3.8, 4) is 0 Å². The Kier molecular flexibility index (Phi) is 3.10. The van der Waals surface area contributed by atoms with E-state index in [0.717, 1.165) is 30.2 Å². The number of nitrogens with one attached hydrogen (secondary N) is 1. The second-order valence-corrected chi connectivity index (χ2v) is 4.77. The number of hydrogen-bond acceptors (Lipinski definition) is 4. The number of rotatable bonds is 5. The van der Waals surface area contributed by atoms with Crippen LogP contribution in [0, 0.1) is 19.3 Å². The van der Waals surface area contributed by atoms with Crippen molar-refractivity contribution < 1.29 is 5.11 Å². The molecule has 1 aromatic heterocycles. The molecule has 0 aromatic carbocycles. The maximum atomic E-state index is 8.98. The van der Waals surface area contributed by atoms with Gasteiger partial charge >= 0.3 is 0 Å². The van der Waals surface area contributed by atoms with E-state index in [4.69, 9.17) is 5.11 Å². The molecule has 2 N–H and O–H groups in total. The molecule has 0 radical (unpaired) electrons. The molecule has 1 saturated carbocycles. The average Bonchev–Trinajstić information content (AvgIpc) is 3.01. The molecule has 0 amide bonds. The lowest BCUT2D eigenvalue weighted by Crippen LogP contribution is -2.18. The largest absolute Gasteiger partial charge is 0.396 e. The third-order valence-electron chi connectivity index (χ3n) is 3.31. The van der Waals surface area contributed by atoms with E-state index >= 15 is 0 Å². The second kappa shape index (κ2) is 4.37. The first kappa shape index (κ1) is 11.3. The van der Waals surface area contributed by atoms with Crippen molar-refractivity contribution >= 4 is 5.82 Å². The van der Waals surface area contributed by atoms with Crippen LogP contribution in [0.4, 0.5) is 5.82 Å². The van der Waals surface area contributed by atoms with Crippen molar-refractivity contribution in [3.63, 3.8) is 0 Å². The fraction of sp³-hybridized carbons (Fsp3) is 0.667. The summed E-state index contributed by atoms with van der Waals surface area (Å²) in [6.07, 6.45) is 5.08. The standard InChI is InChI=1S/C12H19N3O/c1-9-7-13-10(2)11(15-9)14-8-12(3-4-12)5-6-16/h7,16H,3-6,8H2,1-2H3,(H,14,15). The van der Waals surface area contributed by atoms with Gasteiger partial charge < -0.3 is 10.4 Å². The maximum Gasteiger partial charge on any atom is 0.147 e. The molecule has 1 heterocycles. The number of aryl methyl sites for hydroxylation is 2. The zero-order valence-corrected chi connectivity index (χ0v) is 9.95. The van der Waals surface area contributed by atoms with Gasteiger partial charge in [0.1, 0.15) is 5.82 Å². The molecular weight excluding hydrogens is 202 g/mol. The summed E-state index contributed by atoms with van der Waals surface area (Å²) in [5.41, 5.74) is 2.18. The Morgan fingerprint density at radius 2 is 2.19 bits per heavy atom. The number of hydrogen-bond donors (Lipinski definition) is 2. The van der Waals surface area contributed by atoms with Crippen molar-refractivity contribution in [2.24, 2.45) is 5.41 Å². The van der Waals surface area contributed by atoms with Gasteiger partial charge in [-0.25, -0.2) is 4.98 Å². The Balaban J connectivity index is 1.97. The Morgan fingerprint density at radius 3 is 2.81 bits per heavy atom. The van der Waals surface area contributed by atoms with E-state index in [0.29, 0.717) is 5.41 Å². The molecule has 0 bridgehead atoms. The highest BCUT2D eigenvalue weighted by Gasteiger charge is 2.41. The van der Waals surface area contributed by atoms with Crippen LogP contribution in [0.25, 0.3) is 0 Å². The fourth-order valence-electron chi connectivity index (χ4n) is 1.91. The Bertz CT molecular complexity index is 375. The third kappa shape index (κ3) is 2.50. The molecule has 0 saturated heterocycles. The van der Waals surface area contributed by atoms with Crippen molar-refractivity contribution in [2.75, 3.05) is 18.5 Å². The first-order valence-corrected chi connectivity index (χ1v) is 5.80. The molecule has 4 heteroatoms. The summed E-state index contributed by atoms with van der Waals surface area (Å²) in [6, 6.07) is 0. The van der Waals surface area contributed by atoms with Crippen LogP contribution >= 0.6 is 0 Å². The van der Waals surface area contributed by atoms with Crippen molar-refractivity contribution in [1.82, 2.24) is 9.97 Å². The summed E-state index contributed by atoms with van der Waals surface area (Å²) in [6.45, 7) is 5.07. The molecule has 1 aromatic rings. The van der Waals surface area contributed by atoms with Crippen LogP contribution in [-0.4, -0.2) is 28.2 Å². The minimum Gasteiger partial charge on any atom is -0.396 e. The number of aliphatic hydroxyl groups is 1. The predicted molar refractivity (Wildman–Crippen MR) is 63.4 cm³/mol. The molecular formula is C12H19N3O. The van der Waals surface area contributed by atoms with Crippen molar-refractivity contribution in [3.05, 3.63) is 17.6 Å². The van der Waals surface area contributed by atoms with E-state index in [1.165, 1.54) is 12.8 Å². The number of aromatic nitrogens is 2. The quantitative estimate of drug-likeness (QED) is 0.794. The lowest BCUT2D eigenvalue weighted by Gasteiger charge is -2.16. The predicted octanol–water partition coefficient (Wildman–Crippen LogP) is 1.67. The molecule has 88 valence electrons. The normalized spacial score (nSPS) is 17.2. The Hall–Kier alpha value is -1.16. The van der Waals surface area contributed by atoms with Gasteiger partial charge in [0.2, 0.25) is 0 Å². The minimum atomic E-state index is 0.278. The SMILES string of the molecule is Cc1cnc(C)c(NCC2(CCO)CC2)n1. The third-order valence-corrected chi connectivity index (χ3v) is 3.31. The van der Waals surface area contributed by atoms with E-state index < -0.39 is 0 Å². The van der Waals surface area contributed by atoms with Crippen LogP contribution in [0.5, 0.6) is 0 Å². The van der Waals surface area contributed by atoms with Crippen LogP contribution in [0.1, 0.15) is 30.7 Å². The molecule has 0 unspecified atom stereocenters. The van der Waals surface area contributed by atoms with E-state index in [-0.39, 0.29) is 6.61 Å². The minimum absolute atomic E-state index is 0.278. The van der Waals surface area contributed by atoms with Gasteiger partial charge in [-0.3, -0.25) is 4.98 Å². The lowest BCUT2D eigenvalue weighted by molar-refractivity contribution is 0.253. The van der Waals surface area contributed by atoms with Gasteiger partial charge in [-0.05, 0) is 38.5 Å². The summed E-state index contributed by atoms with van der Waals surface area (Å²) < 4.78 is 0. The highest BCUT2D eigenvalue weighted by Crippen LogP contribution is 2.48. The van der Waals surface area contributed by atoms with Crippen LogP contribution in [-0.2, 0) is 0 Å². The zero-order valence-electron chi connectivity index (χ0n) is 9.95. The van der Waals surface area contributed by atoms with Crippen molar-refractivity contribution in [2.45, 2.75) is 33.1 Å². The van der Waals surface area contributed by atoms with Crippen LogP contribution in [0.2, 0.25) is 0 Å². The van der Waals surface area contributed by atoms with E-state index in [1.807, 2.05) is 13.8 Å². The summed E-state index contributed by atoms with van der Waals surface area (Å²) in [7, 11) is 0. The lowest BCUT2D eigenvalue weighted by atomic mass is 10.0. The monoisotopic (exact) mass is 221 g/mol. The topological polar surface area (TPSA) is 58.0 Å². The zero-order chi connectivity index (χ0) is 11.6. The molecule has 1 aliphatic carbocycles. The first-order chi connectivity index (χ1) is 7.65. The number of aliphatic hydroxyl groups excluding tert-OH is 1. The van der Waals surface area contributed by atoms with Crippen LogP contribution in [0.3, 0.4) is 0 Å². The summed E-state index contributed by atoms with van der Waals surface area (Å²) in [5.74, 6) is 0.879. The number of anilines is 1. The highest BCUT2D eigenvalue weighted by molar-refractivity contribution is 5.40. The molecule has 2 rings (SSSR count). The number of nitrogens with zero attached hydrogens (tertiary/aromatic N) is 2. The summed E-state index contributed by atoms with van der Waals surface area (Å²) in [5, 5.41) is 12.3. The fourth-order valence-corrected chi connectivity index (χ4v) is 1.91. The molecule has 1 aliphatic rings. The van der Waals surface area contributed by atoms with Crippen molar-refractivity contribution in [1.29, 1.82) is 0 Å². The van der Waals surface area contributed by atoms with Gasteiger partial charge in [0.05, 0.1) is 11.4 Å². The van der Waals surface area contributed by atoms with Crippen LogP contribution < -0.4 is 5.32 Å². The van der Waals surface area contributed by atoms with Gasteiger partial charge in [0.15, 0.2) is 0 Å². The van der Waals surface area contributed by atoms with E-state index in [1.54, 1.807) is 6.20 Å². The van der Waals surface area contributed by atoms with Gasteiger partial charge in [-0.2, -0.15) is 0 Å². The Labute approximate surface area is 96.1 Å². The molecule has 0 aliphatic heterocycles. The van der Waals surface area contributed by atoms with Gasteiger partial charge in [-0.1, -0.05) is 0 Å². The molecule has 0 spiro atoms. The average molecular weight is 221 g/mol. The molecule has 4 nitrogen and oxygen atoms in total. The molecule has 16 heavy (non-hydrogen) atoms. The van der Waals surface area contributed by atoms with Crippen LogP contribution in [0.15, 0.2) is 6.20 Å². The maximum absolute atomic E-state index is 8.98. The summed E-state index contributed by atoms with van der Waals surface area (Å²) in [4.78, 5) is 8.70. The molecule has 0 atom stereocenters. The van der Waals surface area contributed by atoms with Gasteiger partial charge in [0.25, 0.3) is 0 Å². The van der Waals surface area contributed by atoms with E-state index in [2.05, 4.69) is 15.3 Å². The second-order valence-electron chi connectivity index (χ2n) is 4.77. The first-order valence-electron chi connectivity index (χ1n) is 5.80. The smallest absolute Gasteiger partial charge is 0.147 e. The highest BCUT2D eigenvalue weighted by atomic mass is 16.3. The molecule has 1 fully saturated rings. The van der Waals surface area contributed by atoms with Gasteiger partial charge in [-0.15, -0.1) is 0 Å². The Morgan fingerprint density at radius 1 is 1.44 bits per heavy atom.